The van der Waals surface area contributed by atoms with Gasteiger partial charge in [-0.1, -0.05) is 11.6 Å². The highest BCUT2D eigenvalue weighted by atomic mass is 35.5. The van der Waals surface area contributed by atoms with Crippen molar-refractivity contribution in [1.29, 1.82) is 0 Å². The number of primary amides is 1. The first-order valence-electron chi connectivity index (χ1n) is 4.69. The smallest absolute Gasteiger partial charge is 0.250 e. The Kier molecular flexibility index (Phi) is 4.45. The number of aliphatic carboxylic acids is 1. The molecule has 1 aromatic carbocycles. The average Bonchev–Trinajstić information content (AvgIpc) is 2.26. The van der Waals surface area contributed by atoms with Crippen molar-refractivity contribution >= 4 is 35.1 Å². The van der Waals surface area contributed by atoms with E-state index in [9.17, 15) is 19.5 Å². The molecule has 94 valence electrons. The van der Waals surface area contributed by atoms with Crippen LogP contribution in [0.5, 0.6) is 0 Å². The first-order valence-corrected chi connectivity index (χ1v) is 5.07. The Balaban J connectivity index is 2.81. The van der Waals surface area contributed by atoms with Crippen molar-refractivity contribution < 1.29 is 19.5 Å². The largest absolute Gasteiger partial charge is 0.545 e. The monoisotopic (exact) mass is 267 g/mol. The molecule has 3 N–H and O–H groups in total. The van der Waals surface area contributed by atoms with Gasteiger partial charge in [0.2, 0.25) is 11.8 Å². The van der Waals surface area contributed by atoms with Gasteiger partial charge in [0.05, 0.1) is 16.6 Å². The zero-order valence-electron chi connectivity index (χ0n) is 8.98. The first-order chi connectivity index (χ1) is 8.40. The summed E-state index contributed by atoms with van der Waals surface area (Å²) in [4.78, 5) is 32.2. The van der Waals surface area contributed by atoms with Crippen LogP contribution in [0.3, 0.4) is 0 Å². The Morgan fingerprint density at radius 3 is 2.44 bits per heavy atom. The summed E-state index contributed by atoms with van der Waals surface area (Å²) in [5.74, 6) is -2.83. The molecule has 0 heterocycles. The highest BCUT2D eigenvalue weighted by molar-refractivity contribution is 6.34. The summed E-state index contributed by atoms with van der Waals surface area (Å²) in [7, 11) is 0. The van der Waals surface area contributed by atoms with Crippen LogP contribution in [-0.2, 0) is 9.59 Å². The lowest BCUT2D eigenvalue weighted by molar-refractivity contribution is -0.297. The van der Waals surface area contributed by atoms with E-state index >= 15 is 0 Å². The number of amides is 2. The molecule has 0 aromatic heterocycles. The fourth-order valence-corrected chi connectivity index (χ4v) is 1.39. The number of hydrogen-bond acceptors (Lipinski definition) is 4. The van der Waals surface area contributed by atoms with Crippen molar-refractivity contribution in [2.75, 3.05) is 5.32 Å². The number of rotatable bonds is 4. The zero-order valence-corrected chi connectivity index (χ0v) is 9.73. The van der Waals surface area contributed by atoms with Crippen LogP contribution >= 0.6 is 11.6 Å². The third kappa shape index (κ3) is 3.91. The fourth-order valence-electron chi connectivity index (χ4n) is 1.12. The Bertz CT molecular complexity index is 540. The lowest BCUT2D eigenvalue weighted by Crippen LogP contribution is -2.20. The SMILES string of the molecule is NC(=O)c1ccc(NC(=O)/C=C\C(=O)[O-])cc1Cl. The highest BCUT2D eigenvalue weighted by Gasteiger charge is 2.07. The number of carbonyl (C=O) groups is 3. The summed E-state index contributed by atoms with van der Waals surface area (Å²) in [6.45, 7) is 0. The molecule has 0 radical (unpaired) electrons. The molecule has 18 heavy (non-hydrogen) atoms. The second kappa shape index (κ2) is 5.83. The predicted molar refractivity (Wildman–Crippen MR) is 62.7 cm³/mol. The van der Waals surface area contributed by atoms with Crippen LogP contribution in [0.25, 0.3) is 0 Å². The van der Waals surface area contributed by atoms with Crippen molar-refractivity contribution in [3.63, 3.8) is 0 Å². The molecule has 7 heteroatoms. The molecule has 0 bridgehead atoms. The number of carboxylic acids is 1. The Morgan fingerprint density at radius 1 is 1.28 bits per heavy atom. The molecule has 6 nitrogen and oxygen atoms in total. The number of halogens is 1. The van der Waals surface area contributed by atoms with Crippen LogP contribution in [0.15, 0.2) is 30.4 Å². The van der Waals surface area contributed by atoms with Gasteiger partial charge in [-0.3, -0.25) is 9.59 Å². The van der Waals surface area contributed by atoms with E-state index in [1.54, 1.807) is 0 Å². The average molecular weight is 268 g/mol. The van der Waals surface area contributed by atoms with Gasteiger partial charge in [0.1, 0.15) is 0 Å². The maximum Gasteiger partial charge on any atom is 0.250 e. The maximum atomic E-state index is 11.2. The molecule has 1 aromatic rings. The quantitative estimate of drug-likeness (QED) is 0.728. The standard InChI is InChI=1S/C11H9ClN2O4/c12-8-5-6(1-2-7(8)11(13)18)14-9(15)3-4-10(16)17/h1-5H,(H2,13,18)(H,14,15)(H,16,17)/p-1/b4-3-. The summed E-state index contributed by atoms with van der Waals surface area (Å²) in [6.07, 6.45) is 1.39. The summed E-state index contributed by atoms with van der Waals surface area (Å²) in [6, 6.07) is 4.09. The summed E-state index contributed by atoms with van der Waals surface area (Å²) < 4.78 is 0. The third-order valence-electron chi connectivity index (χ3n) is 1.87. The van der Waals surface area contributed by atoms with E-state index in [1.165, 1.54) is 18.2 Å². The van der Waals surface area contributed by atoms with E-state index in [0.29, 0.717) is 11.8 Å². The van der Waals surface area contributed by atoms with Gasteiger partial charge in [-0.2, -0.15) is 0 Å². The predicted octanol–water partition coefficient (Wildman–Crippen LogP) is -0.317. The van der Waals surface area contributed by atoms with Crippen molar-refractivity contribution in [2.24, 2.45) is 5.73 Å². The van der Waals surface area contributed by atoms with Crippen LogP contribution in [0.4, 0.5) is 5.69 Å². The number of hydrogen-bond donors (Lipinski definition) is 2. The number of benzene rings is 1. The molecule has 1 rings (SSSR count). The number of nitrogens with one attached hydrogen (secondary N) is 1. The van der Waals surface area contributed by atoms with Gasteiger partial charge in [-0.15, -0.1) is 0 Å². The molecular formula is C11H8ClN2O4-. The Morgan fingerprint density at radius 2 is 1.94 bits per heavy atom. The van der Waals surface area contributed by atoms with Crippen LogP contribution < -0.4 is 16.2 Å². The van der Waals surface area contributed by atoms with E-state index in [2.05, 4.69) is 5.32 Å². The van der Waals surface area contributed by atoms with Crippen molar-refractivity contribution in [3.05, 3.63) is 40.9 Å². The third-order valence-corrected chi connectivity index (χ3v) is 2.19. The molecule has 0 aliphatic carbocycles. The van der Waals surface area contributed by atoms with E-state index in [0.717, 1.165) is 6.08 Å². The minimum absolute atomic E-state index is 0.0872. The van der Waals surface area contributed by atoms with Gasteiger partial charge in [-0.05, 0) is 24.3 Å². The number of anilines is 1. The minimum Gasteiger partial charge on any atom is -0.545 e. The molecule has 0 aliphatic rings. The fraction of sp³-hybridized carbons (Fsp3) is 0. The zero-order chi connectivity index (χ0) is 13.7. The number of carboxylic acid groups (broad SMARTS) is 1. The van der Waals surface area contributed by atoms with Crippen molar-refractivity contribution in [1.82, 2.24) is 0 Å². The molecule has 0 spiro atoms. The van der Waals surface area contributed by atoms with Gasteiger partial charge < -0.3 is 21.0 Å². The van der Waals surface area contributed by atoms with Gasteiger partial charge in [0.15, 0.2) is 0 Å². The van der Waals surface area contributed by atoms with Crippen LogP contribution in [0, 0.1) is 0 Å². The highest BCUT2D eigenvalue weighted by Crippen LogP contribution is 2.20. The molecule has 2 amide bonds. The molecular weight excluding hydrogens is 260 g/mol. The second-order valence-electron chi connectivity index (χ2n) is 3.20. The topological polar surface area (TPSA) is 112 Å². The molecule has 0 atom stereocenters. The van der Waals surface area contributed by atoms with Gasteiger partial charge >= 0.3 is 0 Å². The van der Waals surface area contributed by atoms with Crippen LogP contribution in [-0.4, -0.2) is 17.8 Å². The maximum absolute atomic E-state index is 11.2. The van der Waals surface area contributed by atoms with Crippen molar-refractivity contribution in [3.8, 4) is 0 Å². The van der Waals surface area contributed by atoms with E-state index in [1.807, 2.05) is 0 Å². The molecule has 0 fully saturated rings. The number of carbonyl (C=O) groups excluding carboxylic acids is 3. The lowest BCUT2D eigenvalue weighted by atomic mass is 10.2. The van der Waals surface area contributed by atoms with E-state index < -0.39 is 17.8 Å². The summed E-state index contributed by atoms with van der Waals surface area (Å²) in [5.41, 5.74) is 5.48. The molecule has 0 unspecified atom stereocenters. The van der Waals surface area contributed by atoms with Gasteiger partial charge in [0, 0.05) is 11.8 Å². The molecule has 0 aliphatic heterocycles. The van der Waals surface area contributed by atoms with E-state index in [-0.39, 0.29) is 10.6 Å². The minimum atomic E-state index is -1.48. The van der Waals surface area contributed by atoms with Gasteiger partial charge in [0.25, 0.3) is 0 Å². The van der Waals surface area contributed by atoms with Crippen molar-refractivity contribution in [2.45, 2.75) is 0 Å². The Hall–Kier alpha value is -2.34. The number of nitrogens with two attached hydrogens (primary N) is 1. The molecule has 0 saturated carbocycles. The van der Waals surface area contributed by atoms with Gasteiger partial charge in [-0.25, -0.2) is 0 Å². The van der Waals surface area contributed by atoms with Crippen LogP contribution in [0.1, 0.15) is 10.4 Å². The molecule has 0 saturated heterocycles. The first kappa shape index (κ1) is 13.7. The summed E-state index contributed by atoms with van der Waals surface area (Å²) >= 11 is 5.76. The lowest BCUT2D eigenvalue weighted by Gasteiger charge is -2.05. The second-order valence-corrected chi connectivity index (χ2v) is 3.61. The summed E-state index contributed by atoms with van der Waals surface area (Å²) in [5, 5.41) is 12.5. The van der Waals surface area contributed by atoms with E-state index in [4.69, 9.17) is 17.3 Å². The van der Waals surface area contributed by atoms with Crippen LogP contribution in [0.2, 0.25) is 5.02 Å². The normalized spacial score (nSPS) is 10.3. The Labute approximate surface area is 107 Å².